The molecule has 0 aromatic heterocycles. The van der Waals surface area contributed by atoms with Gasteiger partial charge in [0, 0.05) is 44.9 Å². The van der Waals surface area contributed by atoms with Crippen LogP contribution in [0.3, 0.4) is 0 Å². The zero-order chi connectivity index (χ0) is 17.8. The van der Waals surface area contributed by atoms with Gasteiger partial charge >= 0.3 is 0 Å². The standard InChI is InChI=1S/C18H20FN3O3/c19-16-6-1-2-7-17(16)21-10-8-20(9-11-21)13-18(23)14-4-3-5-15(12-14)22(24)25/h1-7,12,18,23H,8-11,13H2. The molecule has 1 atom stereocenters. The maximum Gasteiger partial charge on any atom is 0.269 e. The number of β-amino-alcohol motifs (C(OH)–C–C–N with tert-alkyl or cyclic N) is 1. The Morgan fingerprint density at radius 2 is 1.84 bits per heavy atom. The molecule has 0 spiro atoms. The van der Waals surface area contributed by atoms with Crippen molar-refractivity contribution in [3.63, 3.8) is 0 Å². The monoisotopic (exact) mass is 345 g/mol. The van der Waals surface area contributed by atoms with Crippen molar-refractivity contribution >= 4 is 11.4 Å². The summed E-state index contributed by atoms with van der Waals surface area (Å²) in [4.78, 5) is 14.4. The molecule has 2 aromatic carbocycles. The van der Waals surface area contributed by atoms with Crippen molar-refractivity contribution in [3.8, 4) is 0 Å². The third kappa shape index (κ3) is 4.12. The summed E-state index contributed by atoms with van der Waals surface area (Å²) in [7, 11) is 0. The zero-order valence-corrected chi connectivity index (χ0v) is 13.7. The topological polar surface area (TPSA) is 69.8 Å². The molecule has 0 aliphatic carbocycles. The average molecular weight is 345 g/mol. The lowest BCUT2D eigenvalue weighted by atomic mass is 10.1. The van der Waals surface area contributed by atoms with Crippen LogP contribution in [0.1, 0.15) is 11.7 Å². The summed E-state index contributed by atoms with van der Waals surface area (Å²) in [6, 6.07) is 12.8. The first-order valence-corrected chi connectivity index (χ1v) is 8.19. The van der Waals surface area contributed by atoms with E-state index in [1.165, 1.54) is 18.2 Å². The smallest absolute Gasteiger partial charge is 0.269 e. The number of aliphatic hydroxyl groups excluding tert-OH is 1. The van der Waals surface area contributed by atoms with Crippen molar-refractivity contribution in [2.45, 2.75) is 6.10 Å². The van der Waals surface area contributed by atoms with Crippen LogP contribution in [-0.2, 0) is 0 Å². The number of nitro benzene ring substituents is 1. The molecule has 2 aromatic rings. The Balaban J connectivity index is 1.58. The molecule has 1 fully saturated rings. The molecule has 25 heavy (non-hydrogen) atoms. The molecular formula is C18H20FN3O3. The van der Waals surface area contributed by atoms with E-state index in [-0.39, 0.29) is 11.5 Å². The number of benzene rings is 2. The fourth-order valence-electron chi connectivity index (χ4n) is 3.08. The first-order chi connectivity index (χ1) is 12.0. The Morgan fingerprint density at radius 1 is 1.12 bits per heavy atom. The molecule has 3 rings (SSSR count). The Kier molecular flexibility index (Phi) is 5.25. The Morgan fingerprint density at radius 3 is 2.52 bits per heavy atom. The van der Waals surface area contributed by atoms with Gasteiger partial charge in [0.25, 0.3) is 5.69 Å². The number of non-ortho nitro benzene ring substituents is 1. The lowest BCUT2D eigenvalue weighted by molar-refractivity contribution is -0.385. The van der Waals surface area contributed by atoms with E-state index in [1.807, 2.05) is 11.0 Å². The molecule has 1 heterocycles. The lowest BCUT2D eigenvalue weighted by Crippen LogP contribution is -2.47. The first kappa shape index (κ1) is 17.3. The number of rotatable bonds is 5. The molecule has 1 N–H and O–H groups in total. The molecular weight excluding hydrogens is 325 g/mol. The molecule has 1 unspecified atom stereocenters. The normalized spacial score (nSPS) is 16.6. The number of anilines is 1. The number of para-hydroxylation sites is 1. The predicted octanol–water partition coefficient (Wildman–Crippen LogP) is 2.59. The Bertz CT molecular complexity index is 748. The van der Waals surface area contributed by atoms with Crippen LogP contribution in [0.15, 0.2) is 48.5 Å². The molecule has 1 aliphatic heterocycles. The number of aliphatic hydroxyl groups is 1. The maximum absolute atomic E-state index is 13.9. The van der Waals surface area contributed by atoms with E-state index in [4.69, 9.17) is 0 Å². The summed E-state index contributed by atoms with van der Waals surface area (Å²) in [6.07, 6.45) is -0.792. The van der Waals surface area contributed by atoms with Crippen LogP contribution in [0.4, 0.5) is 15.8 Å². The Labute approximate surface area is 145 Å². The van der Waals surface area contributed by atoms with Gasteiger partial charge in [-0.3, -0.25) is 15.0 Å². The largest absolute Gasteiger partial charge is 0.387 e. The summed E-state index contributed by atoms with van der Waals surface area (Å²) >= 11 is 0. The highest BCUT2D eigenvalue weighted by atomic mass is 19.1. The number of nitrogens with zero attached hydrogens (tertiary/aromatic N) is 3. The summed E-state index contributed by atoms with van der Waals surface area (Å²) in [6.45, 7) is 3.12. The van der Waals surface area contributed by atoms with E-state index in [0.717, 1.165) is 0 Å². The van der Waals surface area contributed by atoms with Crippen molar-refractivity contribution in [3.05, 3.63) is 70.0 Å². The second kappa shape index (κ2) is 7.58. The van der Waals surface area contributed by atoms with Gasteiger partial charge in [-0.05, 0) is 17.7 Å². The van der Waals surface area contributed by atoms with E-state index in [9.17, 15) is 19.6 Å². The van der Waals surface area contributed by atoms with Gasteiger partial charge in [-0.2, -0.15) is 0 Å². The first-order valence-electron chi connectivity index (χ1n) is 8.19. The quantitative estimate of drug-likeness (QED) is 0.666. The van der Waals surface area contributed by atoms with Gasteiger partial charge in [0.15, 0.2) is 0 Å². The second-order valence-electron chi connectivity index (χ2n) is 6.11. The highest BCUT2D eigenvalue weighted by Crippen LogP contribution is 2.23. The zero-order valence-electron chi connectivity index (χ0n) is 13.7. The van der Waals surface area contributed by atoms with Crippen LogP contribution in [0, 0.1) is 15.9 Å². The molecule has 132 valence electrons. The predicted molar refractivity (Wildman–Crippen MR) is 93.1 cm³/mol. The highest BCUT2D eigenvalue weighted by molar-refractivity contribution is 5.48. The van der Waals surface area contributed by atoms with Crippen LogP contribution in [-0.4, -0.2) is 47.7 Å². The van der Waals surface area contributed by atoms with Crippen molar-refractivity contribution in [2.24, 2.45) is 0 Å². The van der Waals surface area contributed by atoms with Gasteiger partial charge in [-0.1, -0.05) is 24.3 Å². The SMILES string of the molecule is O=[N+]([O-])c1cccc(C(O)CN2CCN(c3ccccc3F)CC2)c1. The van der Waals surface area contributed by atoms with Gasteiger partial charge < -0.3 is 10.0 Å². The van der Waals surface area contributed by atoms with Crippen molar-refractivity contribution in [1.29, 1.82) is 0 Å². The molecule has 1 saturated heterocycles. The van der Waals surface area contributed by atoms with Crippen molar-refractivity contribution in [1.82, 2.24) is 4.90 Å². The van der Waals surface area contributed by atoms with Gasteiger partial charge in [-0.25, -0.2) is 4.39 Å². The van der Waals surface area contributed by atoms with Gasteiger partial charge in [-0.15, -0.1) is 0 Å². The minimum Gasteiger partial charge on any atom is -0.387 e. The molecule has 0 radical (unpaired) electrons. The fraction of sp³-hybridized carbons (Fsp3) is 0.333. The summed E-state index contributed by atoms with van der Waals surface area (Å²) in [5.41, 5.74) is 1.10. The minimum atomic E-state index is -0.792. The number of hydrogen-bond acceptors (Lipinski definition) is 5. The molecule has 1 aliphatic rings. The average Bonchev–Trinajstić information content (AvgIpc) is 2.63. The van der Waals surface area contributed by atoms with Crippen molar-refractivity contribution in [2.75, 3.05) is 37.6 Å². The highest BCUT2D eigenvalue weighted by Gasteiger charge is 2.22. The molecule has 6 nitrogen and oxygen atoms in total. The number of hydrogen-bond donors (Lipinski definition) is 1. The summed E-state index contributed by atoms with van der Waals surface area (Å²) in [5, 5.41) is 21.2. The summed E-state index contributed by atoms with van der Waals surface area (Å²) in [5.74, 6) is -0.229. The van der Waals surface area contributed by atoms with Gasteiger partial charge in [0.2, 0.25) is 0 Å². The van der Waals surface area contributed by atoms with Crippen LogP contribution in [0.5, 0.6) is 0 Å². The van der Waals surface area contributed by atoms with Gasteiger partial charge in [0.05, 0.1) is 16.7 Å². The molecule has 0 bridgehead atoms. The lowest BCUT2D eigenvalue weighted by Gasteiger charge is -2.37. The van der Waals surface area contributed by atoms with Crippen LogP contribution in [0.25, 0.3) is 0 Å². The van der Waals surface area contributed by atoms with Crippen molar-refractivity contribution < 1.29 is 14.4 Å². The van der Waals surface area contributed by atoms with Crippen LogP contribution < -0.4 is 4.90 Å². The summed E-state index contributed by atoms with van der Waals surface area (Å²) < 4.78 is 13.9. The number of halogens is 1. The van der Waals surface area contributed by atoms with Crippen LogP contribution in [0.2, 0.25) is 0 Å². The fourth-order valence-corrected chi connectivity index (χ4v) is 3.08. The van der Waals surface area contributed by atoms with Crippen LogP contribution >= 0.6 is 0 Å². The molecule has 0 amide bonds. The third-order valence-corrected chi connectivity index (χ3v) is 4.46. The van der Waals surface area contributed by atoms with E-state index >= 15 is 0 Å². The van der Waals surface area contributed by atoms with Gasteiger partial charge in [0.1, 0.15) is 5.82 Å². The second-order valence-corrected chi connectivity index (χ2v) is 6.11. The molecule has 0 saturated carbocycles. The van der Waals surface area contributed by atoms with E-state index < -0.39 is 11.0 Å². The number of nitro groups is 1. The van der Waals surface area contributed by atoms with E-state index in [2.05, 4.69) is 4.90 Å². The van der Waals surface area contributed by atoms with E-state index in [0.29, 0.717) is 44.0 Å². The number of piperazine rings is 1. The van der Waals surface area contributed by atoms with E-state index in [1.54, 1.807) is 24.3 Å². The third-order valence-electron chi connectivity index (χ3n) is 4.46. The maximum atomic E-state index is 13.9. The Hall–Kier alpha value is -2.51. The molecule has 7 heteroatoms. The minimum absolute atomic E-state index is 0.0269.